The lowest BCUT2D eigenvalue weighted by Gasteiger charge is -2.42. The molecule has 3 fully saturated rings. The molecular weight excluding hydrogens is 308 g/mol. The van der Waals surface area contributed by atoms with Gasteiger partial charge < -0.3 is 9.47 Å². The average molecular weight is 332 g/mol. The standard InChI is InChI=1S/C18H24N2O4/c1-17(2,3)24-16(22)20-11-14-9-18(20,10-14)19-15(21)23-12-13-7-5-4-6-8-13/h4-8,14H,9-12H2,1-3H3,(H,19,21). The van der Waals surface area contributed by atoms with Gasteiger partial charge in [-0.3, -0.25) is 10.2 Å². The van der Waals surface area contributed by atoms with Crippen LogP contribution in [0, 0.1) is 5.92 Å². The summed E-state index contributed by atoms with van der Waals surface area (Å²) in [6, 6.07) is 9.50. The van der Waals surface area contributed by atoms with Gasteiger partial charge in [0.15, 0.2) is 0 Å². The van der Waals surface area contributed by atoms with Crippen LogP contribution in [0.5, 0.6) is 0 Å². The first-order chi connectivity index (χ1) is 11.3. The van der Waals surface area contributed by atoms with E-state index in [2.05, 4.69) is 5.32 Å². The third-order valence-corrected chi connectivity index (χ3v) is 4.37. The summed E-state index contributed by atoms with van der Waals surface area (Å²) in [5.41, 5.74) is -0.285. The second-order valence-corrected chi connectivity index (χ2v) is 7.58. The lowest BCUT2D eigenvalue weighted by molar-refractivity contribution is -0.00240. The van der Waals surface area contributed by atoms with Gasteiger partial charge in [0.2, 0.25) is 0 Å². The van der Waals surface area contributed by atoms with E-state index in [9.17, 15) is 9.59 Å². The smallest absolute Gasteiger partial charge is 0.412 e. The molecule has 0 radical (unpaired) electrons. The quantitative estimate of drug-likeness (QED) is 0.922. The number of carbonyl (C=O) groups is 2. The molecule has 1 aromatic rings. The summed E-state index contributed by atoms with van der Waals surface area (Å²) < 4.78 is 10.7. The van der Waals surface area contributed by atoms with Gasteiger partial charge in [-0.05, 0) is 45.1 Å². The molecule has 2 bridgehead atoms. The van der Waals surface area contributed by atoms with Gasteiger partial charge in [-0.15, -0.1) is 0 Å². The number of fused-ring (bicyclic) bond motifs is 1. The van der Waals surface area contributed by atoms with Crippen molar-refractivity contribution in [2.75, 3.05) is 6.54 Å². The van der Waals surface area contributed by atoms with E-state index < -0.39 is 17.4 Å². The van der Waals surface area contributed by atoms with Crippen LogP contribution in [0.25, 0.3) is 0 Å². The fourth-order valence-corrected chi connectivity index (χ4v) is 3.36. The molecule has 1 aliphatic carbocycles. The molecule has 0 spiro atoms. The van der Waals surface area contributed by atoms with Crippen LogP contribution in [0.1, 0.15) is 39.2 Å². The van der Waals surface area contributed by atoms with E-state index in [0.717, 1.165) is 18.4 Å². The maximum absolute atomic E-state index is 12.4. The van der Waals surface area contributed by atoms with Gasteiger partial charge >= 0.3 is 12.2 Å². The number of amides is 2. The lowest BCUT2D eigenvalue weighted by atomic mass is 9.80. The molecule has 2 saturated heterocycles. The predicted molar refractivity (Wildman–Crippen MR) is 88.2 cm³/mol. The highest BCUT2D eigenvalue weighted by Gasteiger charge is 2.60. The molecule has 0 atom stereocenters. The number of alkyl carbamates (subject to hydrolysis) is 1. The summed E-state index contributed by atoms with van der Waals surface area (Å²) in [7, 11) is 0. The number of benzene rings is 1. The Morgan fingerprint density at radius 1 is 1.25 bits per heavy atom. The molecule has 2 heterocycles. The minimum Gasteiger partial charge on any atom is -0.445 e. The topological polar surface area (TPSA) is 67.9 Å². The van der Waals surface area contributed by atoms with E-state index in [-0.39, 0.29) is 12.7 Å². The Morgan fingerprint density at radius 3 is 2.54 bits per heavy atom. The van der Waals surface area contributed by atoms with Crippen LogP contribution in [0.4, 0.5) is 9.59 Å². The number of ether oxygens (including phenoxy) is 2. The largest absolute Gasteiger partial charge is 0.445 e. The van der Waals surface area contributed by atoms with Crippen LogP contribution < -0.4 is 5.32 Å². The highest BCUT2D eigenvalue weighted by Crippen LogP contribution is 2.49. The van der Waals surface area contributed by atoms with Crippen molar-refractivity contribution in [3.05, 3.63) is 35.9 Å². The van der Waals surface area contributed by atoms with E-state index in [4.69, 9.17) is 9.47 Å². The molecule has 0 unspecified atom stereocenters. The molecule has 6 nitrogen and oxygen atoms in total. The van der Waals surface area contributed by atoms with E-state index in [0.29, 0.717) is 12.5 Å². The Balaban J connectivity index is 1.57. The van der Waals surface area contributed by atoms with Crippen molar-refractivity contribution in [3.8, 4) is 0 Å². The zero-order valence-electron chi connectivity index (χ0n) is 14.4. The maximum atomic E-state index is 12.4. The summed E-state index contributed by atoms with van der Waals surface area (Å²) in [6.45, 7) is 6.32. The van der Waals surface area contributed by atoms with Gasteiger partial charge in [0, 0.05) is 6.54 Å². The Labute approximate surface area is 142 Å². The SMILES string of the molecule is CC(C)(C)OC(=O)N1CC2CC1(NC(=O)OCc1ccccc1)C2. The van der Waals surface area contributed by atoms with Crippen molar-refractivity contribution in [1.82, 2.24) is 10.2 Å². The summed E-state index contributed by atoms with van der Waals surface area (Å²) in [5, 5.41) is 2.87. The molecule has 2 amide bonds. The van der Waals surface area contributed by atoms with Crippen molar-refractivity contribution in [2.24, 2.45) is 5.92 Å². The molecule has 2 aliphatic heterocycles. The zero-order chi connectivity index (χ0) is 17.4. The third kappa shape index (κ3) is 3.47. The van der Waals surface area contributed by atoms with Gasteiger partial charge in [-0.1, -0.05) is 30.3 Å². The van der Waals surface area contributed by atoms with Crippen LogP contribution in [-0.4, -0.2) is 34.9 Å². The number of hydrogen-bond acceptors (Lipinski definition) is 4. The molecule has 1 aromatic carbocycles. The van der Waals surface area contributed by atoms with Crippen LogP contribution >= 0.6 is 0 Å². The first kappa shape index (κ1) is 16.6. The minimum atomic E-state index is -0.652. The van der Waals surface area contributed by atoms with Crippen molar-refractivity contribution in [3.63, 3.8) is 0 Å². The molecule has 0 aromatic heterocycles. The second-order valence-electron chi connectivity index (χ2n) is 7.58. The van der Waals surface area contributed by atoms with Crippen LogP contribution in [0.2, 0.25) is 0 Å². The first-order valence-corrected chi connectivity index (χ1v) is 8.27. The summed E-state index contributed by atoms with van der Waals surface area (Å²) in [4.78, 5) is 26.2. The lowest BCUT2D eigenvalue weighted by Crippen LogP contribution is -2.61. The number of rotatable bonds is 3. The highest BCUT2D eigenvalue weighted by molar-refractivity contribution is 5.74. The second kappa shape index (κ2) is 6.00. The minimum absolute atomic E-state index is 0.207. The van der Waals surface area contributed by atoms with E-state index in [1.165, 1.54) is 0 Å². The molecule has 6 heteroatoms. The van der Waals surface area contributed by atoms with Gasteiger partial charge in [-0.2, -0.15) is 0 Å². The van der Waals surface area contributed by atoms with Crippen molar-refractivity contribution in [1.29, 1.82) is 0 Å². The highest BCUT2D eigenvalue weighted by atomic mass is 16.6. The monoisotopic (exact) mass is 332 g/mol. The normalized spacial score (nSPS) is 25.0. The van der Waals surface area contributed by atoms with E-state index >= 15 is 0 Å². The molecule has 3 aliphatic rings. The molecule has 4 rings (SSSR count). The van der Waals surface area contributed by atoms with E-state index in [1.807, 2.05) is 51.1 Å². The van der Waals surface area contributed by atoms with Gasteiger partial charge in [-0.25, -0.2) is 9.59 Å². The number of nitrogens with zero attached hydrogens (tertiary/aromatic N) is 1. The molecule has 130 valence electrons. The fourth-order valence-electron chi connectivity index (χ4n) is 3.36. The number of carbonyl (C=O) groups excluding carboxylic acids is 2. The first-order valence-electron chi connectivity index (χ1n) is 8.27. The Kier molecular flexibility index (Phi) is 4.15. The van der Waals surface area contributed by atoms with Crippen molar-refractivity contribution < 1.29 is 19.1 Å². The van der Waals surface area contributed by atoms with Gasteiger partial charge in [0.05, 0.1) is 0 Å². The Hall–Kier alpha value is -2.24. The summed E-state index contributed by atoms with van der Waals surface area (Å²) in [6.07, 6.45) is 0.623. The summed E-state index contributed by atoms with van der Waals surface area (Å²) in [5.74, 6) is 0.423. The van der Waals surface area contributed by atoms with Crippen LogP contribution in [0.3, 0.4) is 0 Å². The Bertz CT molecular complexity index is 618. The average Bonchev–Trinajstić information content (AvgIpc) is 2.99. The predicted octanol–water partition coefficient (Wildman–Crippen LogP) is 3.27. The van der Waals surface area contributed by atoms with Crippen LogP contribution in [-0.2, 0) is 16.1 Å². The zero-order valence-corrected chi connectivity index (χ0v) is 14.4. The van der Waals surface area contributed by atoms with Crippen molar-refractivity contribution in [2.45, 2.75) is 51.5 Å². The van der Waals surface area contributed by atoms with E-state index in [1.54, 1.807) is 4.90 Å². The van der Waals surface area contributed by atoms with Crippen molar-refractivity contribution >= 4 is 12.2 Å². The molecule has 1 saturated carbocycles. The fraction of sp³-hybridized carbons (Fsp3) is 0.556. The maximum Gasteiger partial charge on any atom is 0.412 e. The Morgan fingerprint density at radius 2 is 1.92 bits per heavy atom. The molecule has 1 N–H and O–H groups in total. The van der Waals surface area contributed by atoms with Gasteiger partial charge in [0.25, 0.3) is 0 Å². The third-order valence-electron chi connectivity index (χ3n) is 4.37. The number of nitrogens with one attached hydrogen (secondary N) is 1. The molecule has 24 heavy (non-hydrogen) atoms. The number of hydrogen-bond donors (Lipinski definition) is 1. The van der Waals surface area contributed by atoms with Crippen LogP contribution in [0.15, 0.2) is 30.3 Å². The van der Waals surface area contributed by atoms with Gasteiger partial charge in [0.1, 0.15) is 17.9 Å². The molecular formula is C18H24N2O4. The summed E-state index contributed by atoms with van der Waals surface area (Å²) >= 11 is 0.